The fraction of sp³-hybridized carbons (Fsp3) is 0.333. The molecule has 0 atom stereocenters. The molecule has 0 aliphatic rings. The van der Waals surface area contributed by atoms with Crippen LogP contribution in [0.25, 0.3) is 11.4 Å². The summed E-state index contributed by atoms with van der Waals surface area (Å²) >= 11 is 1.30. The van der Waals surface area contributed by atoms with Gasteiger partial charge in [-0.1, -0.05) is 25.6 Å². The number of hydrogen-bond acceptors (Lipinski definition) is 6. The standard InChI is InChI=1S/C24H26FN5O2S/c1-17(2)15-30-23(18-5-11-21(32-3)12-6-18)27-28-24(30)33-16-22(31)29(14-4-13-26)20-9-7-19(25)8-10-20/h5-12,17H,4,14-16H2,1-3H3. The Bertz CT molecular complexity index is 1110. The Hall–Kier alpha value is -3.38. The number of benzene rings is 2. The molecule has 0 bridgehead atoms. The third kappa shape index (κ3) is 6.33. The van der Waals surface area contributed by atoms with Crippen LogP contribution in [-0.4, -0.2) is 40.1 Å². The van der Waals surface area contributed by atoms with Crippen molar-refractivity contribution in [3.05, 3.63) is 54.3 Å². The maximum atomic E-state index is 13.3. The number of ether oxygens (including phenoxy) is 1. The minimum atomic E-state index is -0.381. The summed E-state index contributed by atoms with van der Waals surface area (Å²) < 4.78 is 20.6. The van der Waals surface area contributed by atoms with Crippen molar-refractivity contribution in [1.29, 1.82) is 5.26 Å². The summed E-state index contributed by atoms with van der Waals surface area (Å²) in [6, 6.07) is 15.3. The highest BCUT2D eigenvalue weighted by molar-refractivity contribution is 7.99. The smallest absolute Gasteiger partial charge is 0.237 e. The Morgan fingerprint density at radius 2 is 1.88 bits per heavy atom. The number of anilines is 1. The van der Waals surface area contributed by atoms with Crippen LogP contribution in [0.4, 0.5) is 10.1 Å². The van der Waals surface area contributed by atoms with Crippen LogP contribution in [0.15, 0.2) is 53.7 Å². The fourth-order valence-corrected chi connectivity index (χ4v) is 4.09. The van der Waals surface area contributed by atoms with E-state index in [9.17, 15) is 9.18 Å². The normalized spacial score (nSPS) is 10.8. The van der Waals surface area contributed by atoms with Gasteiger partial charge in [-0.25, -0.2) is 4.39 Å². The highest BCUT2D eigenvalue weighted by Gasteiger charge is 2.20. The van der Waals surface area contributed by atoms with Gasteiger partial charge in [-0.05, 0) is 54.4 Å². The van der Waals surface area contributed by atoms with E-state index in [0.717, 1.165) is 17.1 Å². The molecular formula is C24H26FN5O2S. The minimum Gasteiger partial charge on any atom is -0.497 e. The summed E-state index contributed by atoms with van der Waals surface area (Å²) in [6.07, 6.45) is 0.179. The van der Waals surface area contributed by atoms with Crippen LogP contribution >= 0.6 is 11.8 Å². The second kappa shape index (κ2) is 11.5. The molecule has 33 heavy (non-hydrogen) atoms. The van der Waals surface area contributed by atoms with Crippen molar-refractivity contribution in [2.45, 2.75) is 32.0 Å². The van der Waals surface area contributed by atoms with Gasteiger partial charge in [-0.2, -0.15) is 5.26 Å². The highest BCUT2D eigenvalue weighted by Crippen LogP contribution is 2.27. The van der Waals surface area contributed by atoms with Gasteiger partial charge in [-0.15, -0.1) is 10.2 Å². The van der Waals surface area contributed by atoms with Gasteiger partial charge in [0.2, 0.25) is 5.91 Å². The molecule has 0 N–H and O–H groups in total. The Labute approximate surface area is 197 Å². The van der Waals surface area contributed by atoms with Gasteiger partial charge in [0.15, 0.2) is 11.0 Å². The van der Waals surface area contributed by atoms with Crippen LogP contribution in [0.1, 0.15) is 20.3 Å². The first kappa shape index (κ1) is 24.3. The van der Waals surface area contributed by atoms with Crippen LogP contribution in [0.3, 0.4) is 0 Å². The number of halogens is 1. The largest absolute Gasteiger partial charge is 0.497 e. The Morgan fingerprint density at radius 1 is 1.18 bits per heavy atom. The lowest BCUT2D eigenvalue weighted by Crippen LogP contribution is -2.33. The molecule has 172 valence electrons. The monoisotopic (exact) mass is 467 g/mol. The highest BCUT2D eigenvalue weighted by atomic mass is 32.2. The minimum absolute atomic E-state index is 0.113. The number of carbonyl (C=O) groups excluding carboxylic acids is 1. The van der Waals surface area contributed by atoms with E-state index in [1.165, 1.54) is 28.8 Å². The van der Waals surface area contributed by atoms with Crippen molar-refractivity contribution in [2.24, 2.45) is 5.92 Å². The number of aromatic nitrogens is 3. The van der Waals surface area contributed by atoms with E-state index in [1.54, 1.807) is 19.2 Å². The molecule has 0 saturated heterocycles. The molecule has 1 aromatic heterocycles. The van der Waals surface area contributed by atoms with E-state index >= 15 is 0 Å². The van der Waals surface area contributed by atoms with Crippen LogP contribution in [-0.2, 0) is 11.3 Å². The van der Waals surface area contributed by atoms with Crippen LogP contribution in [0, 0.1) is 23.1 Å². The Balaban J connectivity index is 1.81. The second-order valence-electron chi connectivity index (χ2n) is 7.76. The van der Waals surface area contributed by atoms with Crippen molar-refractivity contribution < 1.29 is 13.9 Å². The maximum Gasteiger partial charge on any atom is 0.237 e. The average molecular weight is 468 g/mol. The summed E-state index contributed by atoms with van der Waals surface area (Å²) in [7, 11) is 1.62. The molecule has 0 spiro atoms. The molecule has 1 heterocycles. The van der Waals surface area contributed by atoms with E-state index in [-0.39, 0.29) is 30.4 Å². The van der Waals surface area contributed by atoms with Gasteiger partial charge in [-0.3, -0.25) is 4.79 Å². The lowest BCUT2D eigenvalue weighted by atomic mass is 10.2. The van der Waals surface area contributed by atoms with E-state index in [4.69, 9.17) is 10.00 Å². The van der Waals surface area contributed by atoms with Crippen LogP contribution < -0.4 is 9.64 Å². The summed E-state index contributed by atoms with van der Waals surface area (Å²) in [4.78, 5) is 14.5. The van der Waals surface area contributed by atoms with Crippen molar-refractivity contribution >= 4 is 23.4 Å². The molecule has 0 saturated carbocycles. The number of amides is 1. The zero-order valence-electron chi connectivity index (χ0n) is 18.9. The third-order valence-corrected chi connectivity index (χ3v) is 5.78. The quantitative estimate of drug-likeness (QED) is 0.399. The summed E-state index contributed by atoms with van der Waals surface area (Å²) in [5.74, 6) is 1.37. The molecule has 1 amide bonds. The molecule has 3 rings (SSSR count). The molecule has 0 unspecified atom stereocenters. The van der Waals surface area contributed by atoms with Crippen LogP contribution in [0.5, 0.6) is 5.75 Å². The van der Waals surface area contributed by atoms with Crippen molar-refractivity contribution in [3.63, 3.8) is 0 Å². The number of methoxy groups -OCH3 is 1. The number of rotatable bonds is 10. The summed E-state index contributed by atoms with van der Waals surface area (Å²) in [5.41, 5.74) is 1.46. The lowest BCUT2D eigenvalue weighted by Gasteiger charge is -2.21. The molecule has 3 aromatic rings. The van der Waals surface area contributed by atoms with Gasteiger partial charge < -0.3 is 14.2 Å². The van der Waals surface area contributed by atoms with Crippen molar-refractivity contribution in [2.75, 3.05) is 24.3 Å². The summed E-state index contributed by atoms with van der Waals surface area (Å²) in [5, 5.41) is 18.3. The van der Waals surface area contributed by atoms with E-state index < -0.39 is 0 Å². The molecule has 0 aliphatic heterocycles. The average Bonchev–Trinajstić information content (AvgIpc) is 3.20. The molecule has 0 radical (unpaired) electrons. The predicted octanol–water partition coefficient (Wildman–Crippen LogP) is 4.79. The maximum absolute atomic E-state index is 13.3. The first-order valence-corrected chi connectivity index (χ1v) is 11.5. The predicted molar refractivity (Wildman–Crippen MR) is 127 cm³/mol. The topological polar surface area (TPSA) is 84.0 Å². The van der Waals surface area contributed by atoms with Gasteiger partial charge in [0.1, 0.15) is 11.6 Å². The van der Waals surface area contributed by atoms with E-state index in [2.05, 4.69) is 30.1 Å². The Morgan fingerprint density at radius 3 is 2.48 bits per heavy atom. The SMILES string of the molecule is COc1ccc(-c2nnc(SCC(=O)N(CCC#N)c3ccc(F)cc3)n2CC(C)C)cc1. The third-order valence-electron chi connectivity index (χ3n) is 4.82. The molecule has 7 nitrogen and oxygen atoms in total. The molecule has 9 heteroatoms. The lowest BCUT2D eigenvalue weighted by molar-refractivity contribution is -0.116. The Kier molecular flexibility index (Phi) is 8.44. The number of nitrogens with zero attached hydrogens (tertiary/aromatic N) is 5. The first-order chi connectivity index (χ1) is 15.9. The van der Waals surface area contributed by atoms with Gasteiger partial charge in [0.25, 0.3) is 0 Å². The van der Waals surface area contributed by atoms with Crippen molar-refractivity contribution in [3.8, 4) is 23.2 Å². The number of nitriles is 1. The molecule has 0 aliphatic carbocycles. The van der Waals surface area contributed by atoms with Gasteiger partial charge in [0.05, 0.1) is 25.4 Å². The molecule has 2 aromatic carbocycles. The fourth-order valence-electron chi connectivity index (χ4n) is 3.26. The zero-order valence-corrected chi connectivity index (χ0v) is 19.7. The number of thioether (sulfide) groups is 1. The zero-order chi connectivity index (χ0) is 23.8. The van der Waals surface area contributed by atoms with Gasteiger partial charge >= 0.3 is 0 Å². The van der Waals surface area contributed by atoms with Crippen LogP contribution in [0.2, 0.25) is 0 Å². The number of hydrogen-bond donors (Lipinski definition) is 0. The summed E-state index contributed by atoms with van der Waals surface area (Å²) in [6.45, 7) is 5.14. The number of carbonyl (C=O) groups is 1. The molecule has 0 fully saturated rings. The first-order valence-electron chi connectivity index (χ1n) is 10.6. The van der Waals surface area contributed by atoms with E-state index in [0.29, 0.717) is 23.3 Å². The van der Waals surface area contributed by atoms with E-state index in [1.807, 2.05) is 28.8 Å². The molecular weight excluding hydrogens is 441 g/mol. The van der Waals surface area contributed by atoms with Gasteiger partial charge in [0, 0.05) is 24.3 Å². The second-order valence-corrected chi connectivity index (χ2v) is 8.70. The van der Waals surface area contributed by atoms with Crippen molar-refractivity contribution in [1.82, 2.24) is 14.8 Å².